The van der Waals surface area contributed by atoms with Crippen molar-refractivity contribution in [1.82, 2.24) is 4.72 Å². The second kappa shape index (κ2) is 5.11. The van der Waals surface area contributed by atoms with E-state index in [2.05, 4.69) is 16.6 Å². The van der Waals surface area contributed by atoms with Crippen LogP contribution in [0.15, 0.2) is 23.1 Å². The van der Waals surface area contributed by atoms with Gasteiger partial charge in [-0.2, -0.15) is 0 Å². The van der Waals surface area contributed by atoms with Crippen molar-refractivity contribution in [2.45, 2.75) is 30.7 Å². The average molecular weight is 264 g/mol. The van der Waals surface area contributed by atoms with Gasteiger partial charge in [-0.25, -0.2) is 13.1 Å². The van der Waals surface area contributed by atoms with Gasteiger partial charge in [0.05, 0.1) is 11.4 Å². The molecule has 18 heavy (non-hydrogen) atoms. The smallest absolute Gasteiger partial charge is 0.240 e. The zero-order chi connectivity index (χ0) is 13.2. The first-order valence-corrected chi connectivity index (χ1v) is 7.33. The van der Waals surface area contributed by atoms with Gasteiger partial charge in [0.1, 0.15) is 0 Å². The quantitative estimate of drug-likeness (QED) is 0.791. The minimum atomic E-state index is -3.38. The van der Waals surface area contributed by atoms with Gasteiger partial charge in [0.15, 0.2) is 0 Å². The van der Waals surface area contributed by atoms with E-state index in [9.17, 15) is 8.42 Å². The Morgan fingerprint density at radius 2 is 2.17 bits per heavy atom. The zero-order valence-electron chi connectivity index (χ0n) is 10.2. The van der Waals surface area contributed by atoms with Crippen molar-refractivity contribution in [1.29, 1.82) is 0 Å². The SMILES string of the molecule is Cc1cc(S(=O)(=O)NC2CC2)ccc1C#CCN. The maximum atomic E-state index is 12.0. The topological polar surface area (TPSA) is 72.2 Å². The van der Waals surface area contributed by atoms with Gasteiger partial charge in [0, 0.05) is 11.6 Å². The van der Waals surface area contributed by atoms with Gasteiger partial charge in [-0.3, -0.25) is 0 Å². The molecule has 1 aromatic carbocycles. The molecule has 0 radical (unpaired) electrons. The molecule has 96 valence electrons. The highest BCUT2D eigenvalue weighted by molar-refractivity contribution is 7.89. The average Bonchev–Trinajstić information content (AvgIpc) is 3.10. The summed E-state index contributed by atoms with van der Waals surface area (Å²) in [7, 11) is -3.38. The van der Waals surface area contributed by atoms with Crippen LogP contribution in [0.1, 0.15) is 24.0 Å². The Morgan fingerprint density at radius 1 is 1.44 bits per heavy atom. The number of rotatable bonds is 3. The van der Waals surface area contributed by atoms with E-state index in [4.69, 9.17) is 5.73 Å². The lowest BCUT2D eigenvalue weighted by atomic mass is 10.1. The van der Waals surface area contributed by atoms with Gasteiger partial charge < -0.3 is 5.73 Å². The maximum absolute atomic E-state index is 12.0. The largest absolute Gasteiger partial charge is 0.320 e. The Labute approximate surface area is 108 Å². The molecular weight excluding hydrogens is 248 g/mol. The van der Waals surface area contributed by atoms with Gasteiger partial charge in [-0.15, -0.1) is 0 Å². The van der Waals surface area contributed by atoms with E-state index in [1.165, 1.54) is 0 Å². The molecule has 1 aliphatic carbocycles. The molecule has 1 aromatic rings. The first-order valence-electron chi connectivity index (χ1n) is 5.85. The molecule has 0 amide bonds. The Hall–Kier alpha value is -1.35. The van der Waals surface area contributed by atoms with Crippen LogP contribution in [0.5, 0.6) is 0 Å². The predicted molar refractivity (Wildman–Crippen MR) is 70.5 cm³/mol. The fourth-order valence-corrected chi connectivity index (χ4v) is 2.97. The summed E-state index contributed by atoms with van der Waals surface area (Å²) in [6.07, 6.45) is 1.86. The summed E-state index contributed by atoms with van der Waals surface area (Å²) in [6.45, 7) is 2.14. The Kier molecular flexibility index (Phi) is 3.71. The Morgan fingerprint density at radius 3 is 2.72 bits per heavy atom. The number of benzene rings is 1. The zero-order valence-corrected chi connectivity index (χ0v) is 11.0. The fourth-order valence-electron chi connectivity index (χ4n) is 1.58. The first-order chi connectivity index (χ1) is 8.53. The number of aryl methyl sites for hydroxylation is 1. The summed E-state index contributed by atoms with van der Waals surface area (Å²) in [4.78, 5) is 0.296. The van der Waals surface area contributed by atoms with E-state index in [1.807, 2.05) is 6.92 Å². The third-order valence-corrected chi connectivity index (χ3v) is 4.25. The molecule has 0 aliphatic heterocycles. The molecule has 0 atom stereocenters. The van der Waals surface area contributed by atoms with Crippen molar-refractivity contribution in [3.63, 3.8) is 0 Å². The van der Waals surface area contributed by atoms with Gasteiger partial charge in [-0.05, 0) is 43.5 Å². The summed E-state index contributed by atoms with van der Waals surface area (Å²) in [5, 5.41) is 0. The molecule has 1 saturated carbocycles. The third-order valence-electron chi connectivity index (χ3n) is 2.73. The summed E-state index contributed by atoms with van der Waals surface area (Å²) in [6, 6.07) is 5.06. The molecule has 0 saturated heterocycles. The normalized spacial score (nSPS) is 15.0. The minimum absolute atomic E-state index is 0.118. The van der Waals surface area contributed by atoms with E-state index < -0.39 is 10.0 Å². The van der Waals surface area contributed by atoms with Crippen molar-refractivity contribution in [3.8, 4) is 11.8 Å². The monoisotopic (exact) mass is 264 g/mol. The Bertz CT molecular complexity index is 608. The lowest BCUT2D eigenvalue weighted by molar-refractivity contribution is 0.581. The van der Waals surface area contributed by atoms with Crippen LogP contribution >= 0.6 is 0 Å². The molecule has 3 N–H and O–H groups in total. The van der Waals surface area contributed by atoms with Crippen LogP contribution in [0.2, 0.25) is 0 Å². The minimum Gasteiger partial charge on any atom is -0.320 e. The van der Waals surface area contributed by atoms with Crippen molar-refractivity contribution < 1.29 is 8.42 Å². The molecule has 0 heterocycles. The summed E-state index contributed by atoms with van der Waals surface area (Å²) in [5.41, 5.74) is 6.96. The molecule has 2 rings (SSSR count). The molecule has 0 aromatic heterocycles. The molecule has 1 aliphatic rings. The first kappa shape index (κ1) is 13.1. The summed E-state index contributed by atoms with van der Waals surface area (Å²) in [5.74, 6) is 5.67. The van der Waals surface area contributed by atoms with Gasteiger partial charge in [-0.1, -0.05) is 11.8 Å². The summed E-state index contributed by atoms with van der Waals surface area (Å²) >= 11 is 0. The number of hydrogen-bond donors (Lipinski definition) is 2. The molecule has 0 bridgehead atoms. The number of nitrogens with one attached hydrogen (secondary N) is 1. The molecule has 1 fully saturated rings. The van der Waals surface area contributed by atoms with E-state index in [1.54, 1.807) is 18.2 Å². The predicted octanol–water partition coefficient (Wildman–Crippen LogP) is 0.746. The summed E-state index contributed by atoms with van der Waals surface area (Å²) < 4.78 is 26.6. The van der Waals surface area contributed by atoms with Crippen LogP contribution < -0.4 is 10.5 Å². The van der Waals surface area contributed by atoms with Crippen molar-refractivity contribution in [2.75, 3.05) is 6.54 Å². The number of sulfonamides is 1. The third kappa shape index (κ3) is 3.10. The second-order valence-electron chi connectivity index (χ2n) is 4.38. The van der Waals surface area contributed by atoms with Gasteiger partial charge >= 0.3 is 0 Å². The van der Waals surface area contributed by atoms with Crippen molar-refractivity contribution in [3.05, 3.63) is 29.3 Å². The molecule has 0 spiro atoms. The van der Waals surface area contributed by atoms with E-state index in [0.29, 0.717) is 11.4 Å². The lowest BCUT2D eigenvalue weighted by Crippen LogP contribution is -2.25. The van der Waals surface area contributed by atoms with Crippen LogP contribution in [-0.2, 0) is 10.0 Å². The number of nitrogens with two attached hydrogens (primary N) is 1. The molecule has 0 unspecified atom stereocenters. The molecule has 5 heteroatoms. The van der Waals surface area contributed by atoms with Crippen LogP contribution in [0.25, 0.3) is 0 Å². The van der Waals surface area contributed by atoms with E-state index in [0.717, 1.165) is 24.0 Å². The standard InChI is InChI=1S/C13H16N2O2S/c1-10-9-13(7-4-11(10)3-2-8-14)18(16,17)15-12-5-6-12/h4,7,9,12,15H,5-6,8,14H2,1H3. The Balaban J connectivity index is 2.27. The van der Waals surface area contributed by atoms with Crippen LogP contribution in [0.3, 0.4) is 0 Å². The lowest BCUT2D eigenvalue weighted by Gasteiger charge is -2.07. The van der Waals surface area contributed by atoms with Crippen molar-refractivity contribution in [2.24, 2.45) is 5.73 Å². The van der Waals surface area contributed by atoms with Crippen LogP contribution in [0, 0.1) is 18.8 Å². The fraction of sp³-hybridized carbons (Fsp3) is 0.385. The van der Waals surface area contributed by atoms with Gasteiger partial charge in [0.2, 0.25) is 10.0 Å². The highest BCUT2D eigenvalue weighted by Gasteiger charge is 2.27. The highest BCUT2D eigenvalue weighted by Crippen LogP contribution is 2.23. The van der Waals surface area contributed by atoms with Crippen molar-refractivity contribution >= 4 is 10.0 Å². The van der Waals surface area contributed by atoms with Gasteiger partial charge in [0.25, 0.3) is 0 Å². The van der Waals surface area contributed by atoms with Crippen LogP contribution in [0.4, 0.5) is 0 Å². The molecule has 4 nitrogen and oxygen atoms in total. The van der Waals surface area contributed by atoms with E-state index >= 15 is 0 Å². The van der Waals surface area contributed by atoms with E-state index in [-0.39, 0.29) is 6.04 Å². The number of hydrogen-bond acceptors (Lipinski definition) is 3. The molecular formula is C13H16N2O2S. The van der Waals surface area contributed by atoms with Crippen LogP contribution in [-0.4, -0.2) is 21.0 Å². The highest BCUT2D eigenvalue weighted by atomic mass is 32.2. The second-order valence-corrected chi connectivity index (χ2v) is 6.09. The maximum Gasteiger partial charge on any atom is 0.240 e.